The van der Waals surface area contributed by atoms with Crippen LogP contribution in [0.25, 0.3) is 10.1 Å². The molecule has 1 unspecified atom stereocenters. The van der Waals surface area contributed by atoms with Gasteiger partial charge in [0.15, 0.2) is 0 Å². The molecule has 2 aliphatic heterocycles. The van der Waals surface area contributed by atoms with E-state index in [-0.39, 0.29) is 29.7 Å². The molecule has 14 heteroatoms. The second-order valence-electron chi connectivity index (χ2n) is 7.84. The van der Waals surface area contributed by atoms with E-state index in [4.69, 9.17) is 16.0 Å². The van der Waals surface area contributed by atoms with Crippen LogP contribution >= 0.6 is 22.9 Å². The highest BCUT2D eigenvalue weighted by Gasteiger charge is 2.41. The number of carbonyl (C=O) groups is 2. The highest BCUT2D eigenvalue weighted by atomic mass is 35.5. The third-order valence-electron chi connectivity index (χ3n) is 5.80. The molecule has 3 aromatic rings. The van der Waals surface area contributed by atoms with E-state index in [0.717, 1.165) is 21.4 Å². The zero-order valence-electron chi connectivity index (χ0n) is 18.0. The predicted octanol–water partition coefficient (Wildman–Crippen LogP) is 0.912. The van der Waals surface area contributed by atoms with Crippen molar-refractivity contribution >= 4 is 54.9 Å². The van der Waals surface area contributed by atoms with Gasteiger partial charge in [0.2, 0.25) is 5.91 Å². The van der Waals surface area contributed by atoms with Crippen LogP contribution in [0.5, 0.6) is 0 Å². The van der Waals surface area contributed by atoms with Crippen LogP contribution in [0.1, 0.15) is 22.1 Å². The van der Waals surface area contributed by atoms with Crippen LogP contribution < -0.4 is 16.2 Å². The minimum atomic E-state index is -3.89. The van der Waals surface area contributed by atoms with Gasteiger partial charge in [0.1, 0.15) is 16.0 Å². The first-order chi connectivity index (χ1) is 16.3. The Balaban J connectivity index is 1.41. The maximum Gasteiger partial charge on any atom is 0.310 e. The van der Waals surface area contributed by atoms with E-state index < -0.39 is 27.9 Å². The number of hydrogen-bond acceptors (Lipinski definition) is 9. The number of aromatic nitrogens is 1. The maximum atomic E-state index is 13.4. The minimum Gasteiger partial charge on any atom is -0.436 e. The van der Waals surface area contributed by atoms with Gasteiger partial charge in [-0.05, 0) is 23.6 Å². The van der Waals surface area contributed by atoms with Gasteiger partial charge in [-0.2, -0.15) is 4.31 Å². The number of fused-ring (bicyclic) bond motifs is 2. The average Bonchev–Trinajstić information content (AvgIpc) is 3.47. The van der Waals surface area contributed by atoms with Gasteiger partial charge in [-0.1, -0.05) is 17.7 Å². The van der Waals surface area contributed by atoms with Crippen molar-refractivity contribution in [2.24, 2.45) is 0 Å². The predicted molar refractivity (Wildman–Crippen MR) is 125 cm³/mol. The van der Waals surface area contributed by atoms with Crippen LogP contribution in [0.4, 0.5) is 0 Å². The second kappa shape index (κ2) is 8.91. The molecule has 0 bridgehead atoms. The number of carbonyl (C=O) groups excluding carboxylic acids is 2. The molecular weight excluding hydrogens is 504 g/mol. The zero-order chi connectivity index (χ0) is 24.0. The Labute approximate surface area is 204 Å². The monoisotopic (exact) mass is 524 g/mol. The van der Waals surface area contributed by atoms with Gasteiger partial charge in [-0.15, -0.1) is 11.3 Å². The Morgan fingerprint density at radius 1 is 1.24 bits per heavy atom. The number of thiophene rings is 1. The quantitative estimate of drug-likeness (QED) is 0.458. The summed E-state index contributed by atoms with van der Waals surface area (Å²) in [4.78, 5) is 31.5. The number of hydrazine groups is 1. The van der Waals surface area contributed by atoms with Crippen LogP contribution in [0.2, 0.25) is 5.02 Å². The van der Waals surface area contributed by atoms with Gasteiger partial charge in [0.05, 0.1) is 18.8 Å². The average molecular weight is 525 g/mol. The summed E-state index contributed by atoms with van der Waals surface area (Å²) in [7, 11) is -2.45. The number of hydrogen-bond donors (Lipinski definition) is 3. The number of rotatable bonds is 4. The van der Waals surface area contributed by atoms with E-state index in [1.54, 1.807) is 24.3 Å². The summed E-state index contributed by atoms with van der Waals surface area (Å²) in [6.45, 7) is 0.626. The van der Waals surface area contributed by atoms with E-state index in [1.807, 2.05) is 0 Å². The minimum absolute atomic E-state index is 0.0103. The molecule has 3 N–H and O–H groups in total. The Hall–Kier alpha value is -2.55. The van der Waals surface area contributed by atoms with E-state index in [0.29, 0.717) is 29.6 Å². The molecule has 1 atom stereocenters. The van der Waals surface area contributed by atoms with Crippen molar-refractivity contribution in [3.8, 4) is 0 Å². The van der Waals surface area contributed by atoms with E-state index in [1.165, 1.54) is 16.3 Å². The molecule has 2 amide bonds. The lowest BCUT2D eigenvalue weighted by Crippen LogP contribution is -2.61. The molecule has 5 rings (SSSR count). The molecule has 0 aliphatic carbocycles. The summed E-state index contributed by atoms with van der Waals surface area (Å²) in [6, 6.07) is 5.73. The highest BCUT2D eigenvalue weighted by molar-refractivity contribution is 7.91. The van der Waals surface area contributed by atoms with Crippen LogP contribution in [0, 0.1) is 0 Å². The molecule has 11 nitrogen and oxygen atoms in total. The van der Waals surface area contributed by atoms with Crippen molar-refractivity contribution in [3.05, 3.63) is 46.6 Å². The number of piperazine rings is 1. The molecule has 0 saturated carbocycles. The van der Waals surface area contributed by atoms with Crippen LogP contribution in [-0.4, -0.2) is 67.1 Å². The normalized spacial score (nSPS) is 19.2. The van der Waals surface area contributed by atoms with Gasteiger partial charge in [-0.25, -0.2) is 18.8 Å². The lowest BCUT2D eigenvalue weighted by atomic mass is 10.1. The van der Waals surface area contributed by atoms with E-state index >= 15 is 0 Å². The van der Waals surface area contributed by atoms with Crippen molar-refractivity contribution < 1.29 is 22.4 Å². The van der Waals surface area contributed by atoms with Crippen molar-refractivity contribution in [3.63, 3.8) is 0 Å². The fourth-order valence-electron chi connectivity index (χ4n) is 4.01. The summed E-state index contributed by atoms with van der Waals surface area (Å²) in [6.07, 6.45) is 0. The first kappa shape index (κ1) is 23.2. The Bertz CT molecular complexity index is 1360. The molecule has 180 valence electrons. The number of sulfonamides is 1. The number of oxazole rings is 1. The number of likely N-dealkylation sites (N-methyl/N-ethyl adjacent to an activating group) is 1. The van der Waals surface area contributed by atoms with Gasteiger partial charge in [-0.3, -0.25) is 15.0 Å². The summed E-state index contributed by atoms with van der Waals surface area (Å²) in [5.74, 6) is -0.612. The van der Waals surface area contributed by atoms with Gasteiger partial charge in [0.25, 0.3) is 15.9 Å². The van der Waals surface area contributed by atoms with Gasteiger partial charge in [0, 0.05) is 36.4 Å². The molecule has 2 aliphatic rings. The number of amides is 2. The van der Waals surface area contributed by atoms with Gasteiger partial charge >= 0.3 is 5.91 Å². The maximum absolute atomic E-state index is 13.4. The van der Waals surface area contributed by atoms with Crippen LogP contribution in [-0.2, 0) is 27.9 Å². The molecule has 1 fully saturated rings. The summed E-state index contributed by atoms with van der Waals surface area (Å²) in [5, 5.41) is 3.81. The molecule has 0 radical (unpaired) electrons. The summed E-state index contributed by atoms with van der Waals surface area (Å²) < 4.78 is 34.6. The number of halogens is 1. The topological polar surface area (TPSA) is 137 Å². The van der Waals surface area contributed by atoms with Crippen molar-refractivity contribution in [2.45, 2.75) is 23.3 Å². The lowest BCUT2D eigenvalue weighted by Gasteiger charge is -2.38. The number of benzene rings is 1. The largest absolute Gasteiger partial charge is 0.436 e. The van der Waals surface area contributed by atoms with E-state index in [9.17, 15) is 18.0 Å². The highest BCUT2D eigenvalue weighted by Crippen LogP contribution is 2.33. The standard InChI is InChI=1S/C20H21ClN6O5S2/c1-22-18(28)14-10-26(34(30,31)17-6-11-2-3-12(21)7-16(11)33-17)4-5-27(14)20(29)19-25-13-8-23-24-9-15(13)32-19/h2-3,6-7,14,23-24H,4-5,8-10H2,1H3,(H,22,28). The molecule has 2 aromatic heterocycles. The first-order valence-corrected chi connectivity index (χ1v) is 13.1. The van der Waals surface area contributed by atoms with Crippen molar-refractivity contribution in [1.29, 1.82) is 0 Å². The van der Waals surface area contributed by atoms with Gasteiger partial charge < -0.3 is 14.6 Å². The zero-order valence-corrected chi connectivity index (χ0v) is 20.4. The summed E-state index contributed by atoms with van der Waals surface area (Å²) >= 11 is 7.15. The third-order valence-corrected chi connectivity index (χ3v) is 9.44. The molecule has 1 aromatic carbocycles. The van der Waals surface area contributed by atoms with Crippen molar-refractivity contribution in [1.82, 2.24) is 30.4 Å². The van der Waals surface area contributed by atoms with Crippen LogP contribution in [0.15, 0.2) is 32.9 Å². The molecular formula is C20H21ClN6O5S2. The number of nitrogens with one attached hydrogen (secondary N) is 3. The third kappa shape index (κ3) is 4.08. The Kier molecular flexibility index (Phi) is 6.08. The van der Waals surface area contributed by atoms with Crippen LogP contribution in [0.3, 0.4) is 0 Å². The smallest absolute Gasteiger partial charge is 0.310 e. The van der Waals surface area contributed by atoms with Crippen molar-refractivity contribution in [2.75, 3.05) is 26.7 Å². The van der Waals surface area contributed by atoms with E-state index in [2.05, 4.69) is 21.2 Å². The molecule has 0 spiro atoms. The molecule has 34 heavy (non-hydrogen) atoms. The lowest BCUT2D eigenvalue weighted by molar-refractivity contribution is -0.126. The SMILES string of the molecule is CNC(=O)C1CN(S(=O)(=O)c2cc3ccc(Cl)cc3s2)CCN1C(=O)c1nc2c(o1)CNNC2. The first-order valence-electron chi connectivity index (χ1n) is 10.4. The molecule has 4 heterocycles. The Morgan fingerprint density at radius 2 is 2.03 bits per heavy atom. The second-order valence-corrected chi connectivity index (χ2v) is 11.5. The Morgan fingerprint density at radius 3 is 2.79 bits per heavy atom. The number of nitrogens with zero attached hydrogens (tertiary/aromatic N) is 3. The fraction of sp³-hybridized carbons (Fsp3) is 0.350. The fourth-order valence-corrected chi connectivity index (χ4v) is 7.27. The summed E-state index contributed by atoms with van der Waals surface area (Å²) in [5.41, 5.74) is 6.44. The molecule has 1 saturated heterocycles.